The minimum atomic E-state index is 0.536. The van der Waals surface area contributed by atoms with Gasteiger partial charge in [-0.1, -0.05) is 0 Å². The molecule has 1 nitrogen and oxygen atoms in total. The van der Waals surface area contributed by atoms with Gasteiger partial charge in [-0.3, -0.25) is 0 Å². The normalized spacial score (nSPS) is 38.4. The van der Waals surface area contributed by atoms with Gasteiger partial charge in [0.05, 0.1) is 25.7 Å². The highest BCUT2D eigenvalue weighted by Crippen LogP contribution is 2.34. The van der Waals surface area contributed by atoms with Gasteiger partial charge >= 0.3 is 0 Å². The predicted octanol–water partition coefficient (Wildman–Crippen LogP) is 2.03. The van der Waals surface area contributed by atoms with Crippen molar-refractivity contribution in [3.05, 3.63) is 0 Å². The molecule has 0 N–H and O–H groups in total. The Hall–Kier alpha value is -0.0400. The van der Waals surface area contributed by atoms with Crippen LogP contribution in [0.15, 0.2) is 0 Å². The van der Waals surface area contributed by atoms with Gasteiger partial charge in [0.25, 0.3) is 0 Å². The summed E-state index contributed by atoms with van der Waals surface area (Å²) in [6.07, 6.45) is 2.81. The molecule has 0 saturated carbocycles. The summed E-state index contributed by atoms with van der Waals surface area (Å²) < 4.78 is 1.27. The molecule has 0 aliphatic carbocycles. The summed E-state index contributed by atoms with van der Waals surface area (Å²) in [6, 6.07) is 0. The molecule has 1 aliphatic heterocycles. The SMILES string of the molecule is CC[N+]1(C)CCCC1(C)C. The summed E-state index contributed by atoms with van der Waals surface area (Å²) in [4.78, 5) is 0. The summed E-state index contributed by atoms with van der Waals surface area (Å²) in [5.74, 6) is 0. The summed E-state index contributed by atoms with van der Waals surface area (Å²) in [7, 11) is 2.38. The van der Waals surface area contributed by atoms with Gasteiger partial charge < -0.3 is 4.48 Å². The Morgan fingerprint density at radius 3 is 2.20 bits per heavy atom. The van der Waals surface area contributed by atoms with Crippen LogP contribution in [0.1, 0.15) is 33.6 Å². The maximum atomic E-state index is 2.39. The van der Waals surface area contributed by atoms with Crippen molar-refractivity contribution in [2.45, 2.75) is 39.2 Å². The number of rotatable bonds is 1. The van der Waals surface area contributed by atoms with Crippen LogP contribution in [0, 0.1) is 0 Å². The third-order valence-electron chi connectivity index (χ3n) is 3.60. The molecule has 0 radical (unpaired) electrons. The van der Waals surface area contributed by atoms with Gasteiger partial charge in [-0.15, -0.1) is 0 Å². The van der Waals surface area contributed by atoms with Crippen molar-refractivity contribution in [3.8, 4) is 0 Å². The van der Waals surface area contributed by atoms with Gasteiger partial charge in [0.2, 0.25) is 0 Å². The predicted molar refractivity (Wildman–Crippen MR) is 44.9 cm³/mol. The molecule has 0 aromatic carbocycles. The number of quaternary nitrogens is 1. The smallest absolute Gasteiger partial charge is 0.0935 e. The monoisotopic (exact) mass is 142 g/mol. The Morgan fingerprint density at radius 2 is 2.00 bits per heavy atom. The lowest BCUT2D eigenvalue weighted by Gasteiger charge is -2.41. The van der Waals surface area contributed by atoms with Gasteiger partial charge in [-0.2, -0.15) is 0 Å². The van der Waals surface area contributed by atoms with Crippen molar-refractivity contribution < 1.29 is 4.48 Å². The zero-order valence-corrected chi connectivity index (χ0v) is 7.78. The Morgan fingerprint density at radius 1 is 1.40 bits per heavy atom. The van der Waals surface area contributed by atoms with Crippen LogP contribution in [-0.2, 0) is 0 Å². The molecule has 1 rings (SSSR count). The minimum Gasteiger partial charge on any atom is -0.322 e. The van der Waals surface area contributed by atoms with E-state index in [1.165, 1.54) is 30.4 Å². The van der Waals surface area contributed by atoms with Crippen molar-refractivity contribution in [2.24, 2.45) is 0 Å². The summed E-state index contributed by atoms with van der Waals surface area (Å²) in [5, 5.41) is 0. The van der Waals surface area contributed by atoms with Crippen molar-refractivity contribution in [2.75, 3.05) is 20.1 Å². The molecule has 1 fully saturated rings. The van der Waals surface area contributed by atoms with Crippen LogP contribution in [0.2, 0.25) is 0 Å². The molecule has 0 bridgehead atoms. The second-order valence-electron chi connectivity index (χ2n) is 4.35. The van der Waals surface area contributed by atoms with E-state index in [0.717, 1.165) is 0 Å². The number of hydrogen-bond acceptors (Lipinski definition) is 0. The highest BCUT2D eigenvalue weighted by molar-refractivity contribution is 4.75. The maximum Gasteiger partial charge on any atom is 0.0935 e. The molecule has 0 aromatic heterocycles. The molecule has 1 heterocycles. The fourth-order valence-electron chi connectivity index (χ4n) is 2.02. The summed E-state index contributed by atoms with van der Waals surface area (Å²) in [5.41, 5.74) is 0.536. The topological polar surface area (TPSA) is 0 Å². The lowest BCUT2D eigenvalue weighted by molar-refractivity contribution is -0.941. The highest BCUT2D eigenvalue weighted by atomic mass is 15.4. The molecule has 10 heavy (non-hydrogen) atoms. The van der Waals surface area contributed by atoms with Crippen LogP contribution in [0.5, 0.6) is 0 Å². The zero-order chi connectivity index (χ0) is 7.83. The van der Waals surface area contributed by atoms with E-state index in [4.69, 9.17) is 0 Å². The van der Waals surface area contributed by atoms with E-state index in [9.17, 15) is 0 Å². The Labute approximate surface area is 64.6 Å². The van der Waals surface area contributed by atoms with Gasteiger partial charge in [0, 0.05) is 12.8 Å². The van der Waals surface area contributed by atoms with Gasteiger partial charge in [-0.05, 0) is 20.8 Å². The van der Waals surface area contributed by atoms with Gasteiger partial charge in [0.15, 0.2) is 0 Å². The molecule has 0 amide bonds. The first-order valence-electron chi connectivity index (χ1n) is 4.36. The molecular weight excluding hydrogens is 122 g/mol. The number of hydrogen-bond donors (Lipinski definition) is 0. The van der Waals surface area contributed by atoms with E-state index in [1.807, 2.05) is 0 Å². The Kier molecular flexibility index (Phi) is 1.80. The molecular formula is C9H20N+. The highest BCUT2D eigenvalue weighted by Gasteiger charge is 2.43. The van der Waals surface area contributed by atoms with E-state index >= 15 is 0 Å². The second-order valence-corrected chi connectivity index (χ2v) is 4.35. The van der Waals surface area contributed by atoms with Crippen LogP contribution >= 0.6 is 0 Å². The van der Waals surface area contributed by atoms with Gasteiger partial charge in [-0.25, -0.2) is 0 Å². The molecule has 1 atom stereocenters. The molecule has 1 unspecified atom stereocenters. The standard InChI is InChI=1S/C9H20N/c1-5-10(4)8-6-7-9(10,2)3/h5-8H2,1-4H3/q+1. The van der Waals surface area contributed by atoms with Crippen molar-refractivity contribution in [1.82, 2.24) is 0 Å². The quantitative estimate of drug-likeness (QED) is 0.491. The minimum absolute atomic E-state index is 0.536. The fraction of sp³-hybridized carbons (Fsp3) is 1.00. The fourth-order valence-corrected chi connectivity index (χ4v) is 2.02. The molecule has 1 saturated heterocycles. The summed E-state index contributed by atoms with van der Waals surface area (Å²) >= 11 is 0. The van der Waals surface area contributed by atoms with Crippen LogP contribution in [-0.4, -0.2) is 30.2 Å². The van der Waals surface area contributed by atoms with Crippen LogP contribution < -0.4 is 0 Å². The van der Waals surface area contributed by atoms with Crippen LogP contribution in [0.3, 0.4) is 0 Å². The third kappa shape index (κ3) is 0.968. The van der Waals surface area contributed by atoms with E-state index in [1.54, 1.807) is 0 Å². The van der Waals surface area contributed by atoms with Crippen molar-refractivity contribution in [1.29, 1.82) is 0 Å². The molecule has 1 aliphatic rings. The third-order valence-corrected chi connectivity index (χ3v) is 3.60. The lowest BCUT2D eigenvalue weighted by Crippen LogP contribution is -2.54. The average Bonchev–Trinajstić information content (AvgIpc) is 2.10. The first kappa shape index (κ1) is 8.06. The van der Waals surface area contributed by atoms with E-state index < -0.39 is 0 Å². The molecule has 60 valence electrons. The largest absolute Gasteiger partial charge is 0.322 e. The molecule has 1 heteroatoms. The Bertz CT molecular complexity index is 129. The van der Waals surface area contributed by atoms with Crippen LogP contribution in [0.4, 0.5) is 0 Å². The number of likely N-dealkylation sites (tertiary alicyclic amines) is 1. The van der Waals surface area contributed by atoms with Crippen molar-refractivity contribution in [3.63, 3.8) is 0 Å². The van der Waals surface area contributed by atoms with Crippen molar-refractivity contribution >= 4 is 0 Å². The molecule has 0 spiro atoms. The zero-order valence-electron chi connectivity index (χ0n) is 7.78. The first-order chi connectivity index (χ1) is 4.52. The molecule has 0 aromatic rings. The second kappa shape index (κ2) is 2.23. The van der Waals surface area contributed by atoms with Crippen LogP contribution in [0.25, 0.3) is 0 Å². The van der Waals surface area contributed by atoms with E-state index in [2.05, 4.69) is 27.8 Å². The Balaban J connectivity index is 2.76. The lowest BCUT2D eigenvalue weighted by atomic mass is 10.0. The average molecular weight is 142 g/mol. The van der Waals surface area contributed by atoms with E-state index in [-0.39, 0.29) is 0 Å². The van der Waals surface area contributed by atoms with E-state index in [0.29, 0.717) is 5.54 Å². The number of nitrogens with zero attached hydrogens (tertiary/aromatic N) is 1. The first-order valence-corrected chi connectivity index (χ1v) is 4.36. The summed E-state index contributed by atoms with van der Waals surface area (Å²) in [6.45, 7) is 9.75. The van der Waals surface area contributed by atoms with Gasteiger partial charge in [0.1, 0.15) is 0 Å². The maximum absolute atomic E-state index is 2.39.